The molecule has 1 heterocycles. The minimum Gasteiger partial charge on any atom is -0.365 e. The first-order valence-corrected chi connectivity index (χ1v) is 14.5. The quantitative estimate of drug-likeness (QED) is 0.489. The van der Waals surface area contributed by atoms with Gasteiger partial charge in [-0.25, -0.2) is 0 Å². The topological polar surface area (TPSA) is 29.3 Å². The summed E-state index contributed by atoms with van der Waals surface area (Å²) in [6.45, 7) is 6.69. The van der Waals surface area contributed by atoms with Crippen LogP contribution in [0, 0.1) is 22.7 Å². The maximum Gasteiger partial charge on any atom is 0.0845 e. The van der Waals surface area contributed by atoms with Crippen LogP contribution in [-0.4, -0.2) is 34.3 Å². The molecule has 2 nitrogen and oxygen atoms in total. The van der Waals surface area contributed by atoms with E-state index < -0.39 is 0 Å². The van der Waals surface area contributed by atoms with E-state index in [1.54, 1.807) is 5.56 Å². The van der Waals surface area contributed by atoms with Crippen molar-refractivity contribution < 1.29 is 0 Å². The van der Waals surface area contributed by atoms with E-state index in [4.69, 9.17) is 18.0 Å². The van der Waals surface area contributed by atoms with Gasteiger partial charge in [-0.3, -0.25) is 0 Å². The lowest BCUT2D eigenvalue weighted by molar-refractivity contribution is 0.133. The number of likely N-dealkylation sites (tertiary alicyclic amines) is 1. The third kappa shape index (κ3) is 3.59. The van der Waals surface area contributed by atoms with Crippen LogP contribution in [-0.2, 0) is 11.2 Å². The molecule has 180 valence electrons. The highest BCUT2D eigenvalue weighted by atomic mass is 32.2. The molecule has 4 heteroatoms. The van der Waals surface area contributed by atoms with E-state index in [9.17, 15) is 0 Å². The Morgan fingerprint density at radius 2 is 1.74 bits per heavy atom. The number of piperidine rings is 1. The molecule has 4 bridgehead atoms. The summed E-state index contributed by atoms with van der Waals surface area (Å²) >= 11 is 8.70. The van der Waals surface area contributed by atoms with Gasteiger partial charge in [0.05, 0.1) is 4.99 Å². The second kappa shape index (κ2) is 8.35. The normalized spacial score (nSPS) is 37.8. The van der Waals surface area contributed by atoms with E-state index in [-0.39, 0.29) is 16.9 Å². The monoisotopic (exact) mass is 490 g/mol. The molecule has 2 aromatic carbocycles. The van der Waals surface area contributed by atoms with E-state index in [1.165, 1.54) is 36.2 Å². The average molecular weight is 491 g/mol. The molecule has 1 aliphatic heterocycles. The Hall–Kier alpha value is -1.36. The minimum atomic E-state index is 0.118. The summed E-state index contributed by atoms with van der Waals surface area (Å²) in [6.07, 6.45) is 6.22. The van der Waals surface area contributed by atoms with Crippen molar-refractivity contribution in [1.29, 1.82) is 0 Å². The van der Waals surface area contributed by atoms with Gasteiger partial charge in [-0.05, 0) is 65.9 Å². The third-order valence-electron chi connectivity index (χ3n) is 9.81. The third-order valence-corrected chi connectivity index (χ3v) is 12.1. The number of hydrogen-bond acceptors (Lipinski definition) is 3. The maximum atomic E-state index is 6.50. The van der Waals surface area contributed by atoms with Gasteiger partial charge >= 0.3 is 0 Å². The van der Waals surface area contributed by atoms with Crippen LogP contribution >= 0.6 is 24.0 Å². The van der Waals surface area contributed by atoms with Crippen molar-refractivity contribution in [2.24, 2.45) is 28.4 Å². The van der Waals surface area contributed by atoms with E-state index >= 15 is 0 Å². The summed E-state index contributed by atoms with van der Waals surface area (Å²) in [6, 6.07) is 22.7. The molecule has 4 saturated carbocycles. The zero-order valence-corrected chi connectivity index (χ0v) is 22.2. The smallest absolute Gasteiger partial charge is 0.0845 e. The van der Waals surface area contributed by atoms with Gasteiger partial charge < -0.3 is 10.6 Å². The standard InChI is InChI=1S/C30H38N2S2/c1-28(2)20-32(14-13-25(28)31)27(33)30-16-22-15-29(19-30,23-11-7-4-8-12-23)17-24(30)26(22)34-18-21-9-5-3-6-10-21/h3-12,22,24-26H,13-20,31H2,1-2H3/t22?,24?,25-,26?,29?,30?/m0/s1. The van der Waals surface area contributed by atoms with Gasteiger partial charge in [-0.2, -0.15) is 11.8 Å². The fourth-order valence-electron chi connectivity index (χ4n) is 8.17. The van der Waals surface area contributed by atoms with E-state index in [0.29, 0.717) is 11.3 Å². The Bertz CT molecular complexity index is 1050. The van der Waals surface area contributed by atoms with Crippen molar-refractivity contribution >= 4 is 29.0 Å². The van der Waals surface area contributed by atoms with Crippen molar-refractivity contribution in [1.82, 2.24) is 4.90 Å². The van der Waals surface area contributed by atoms with E-state index in [1.807, 2.05) is 0 Å². The first-order chi connectivity index (χ1) is 16.3. The molecule has 0 spiro atoms. The highest BCUT2D eigenvalue weighted by Crippen LogP contribution is 2.73. The number of hydrogen-bond donors (Lipinski definition) is 1. The number of thiocarbonyl (C=S) groups is 1. The Morgan fingerprint density at radius 1 is 1.03 bits per heavy atom. The van der Waals surface area contributed by atoms with Gasteiger partial charge in [0.2, 0.25) is 0 Å². The molecule has 34 heavy (non-hydrogen) atoms. The Labute approximate surface area is 215 Å². The van der Waals surface area contributed by atoms with Crippen LogP contribution in [0.5, 0.6) is 0 Å². The van der Waals surface area contributed by atoms with Crippen LogP contribution in [0.1, 0.15) is 57.1 Å². The Balaban J connectivity index is 1.31. The van der Waals surface area contributed by atoms with Crippen LogP contribution in [0.4, 0.5) is 0 Å². The summed E-state index contributed by atoms with van der Waals surface area (Å²) in [7, 11) is 0. The summed E-state index contributed by atoms with van der Waals surface area (Å²) < 4.78 is 0. The van der Waals surface area contributed by atoms with Crippen LogP contribution in [0.2, 0.25) is 0 Å². The zero-order valence-electron chi connectivity index (χ0n) is 20.6. The molecule has 0 amide bonds. The van der Waals surface area contributed by atoms with Gasteiger partial charge in [-0.1, -0.05) is 86.7 Å². The Morgan fingerprint density at radius 3 is 2.44 bits per heavy atom. The van der Waals surface area contributed by atoms with Gasteiger partial charge in [0.25, 0.3) is 0 Å². The second-order valence-corrected chi connectivity index (χ2v) is 13.9. The predicted octanol–water partition coefficient (Wildman–Crippen LogP) is 6.43. The highest BCUT2D eigenvalue weighted by Gasteiger charge is 2.70. The molecule has 7 rings (SSSR count). The first kappa shape index (κ1) is 23.1. The average Bonchev–Trinajstić information content (AvgIpc) is 3.22. The molecular formula is C30H38N2S2. The number of benzene rings is 2. The molecule has 5 aliphatic rings. The predicted molar refractivity (Wildman–Crippen MR) is 148 cm³/mol. The van der Waals surface area contributed by atoms with Crippen molar-refractivity contribution in [3.05, 3.63) is 71.8 Å². The lowest BCUT2D eigenvalue weighted by atomic mass is 9.63. The van der Waals surface area contributed by atoms with Crippen LogP contribution in [0.25, 0.3) is 0 Å². The summed E-state index contributed by atoms with van der Waals surface area (Å²) in [5.41, 5.74) is 10.1. The first-order valence-electron chi connectivity index (χ1n) is 13.1. The van der Waals surface area contributed by atoms with Gasteiger partial charge in [-0.15, -0.1) is 0 Å². The highest BCUT2D eigenvalue weighted by molar-refractivity contribution is 7.99. The molecule has 1 saturated heterocycles. The summed E-state index contributed by atoms with van der Waals surface area (Å²) in [5, 5.41) is 0.720. The minimum absolute atomic E-state index is 0.118. The van der Waals surface area contributed by atoms with Gasteiger partial charge in [0.15, 0.2) is 0 Å². The maximum absolute atomic E-state index is 6.50. The van der Waals surface area contributed by atoms with Gasteiger partial charge in [0, 0.05) is 35.5 Å². The number of thioether (sulfide) groups is 1. The van der Waals surface area contributed by atoms with Crippen molar-refractivity contribution in [2.45, 2.75) is 68.4 Å². The number of nitrogens with zero attached hydrogens (tertiary/aromatic N) is 1. The van der Waals surface area contributed by atoms with Crippen LogP contribution < -0.4 is 5.73 Å². The van der Waals surface area contributed by atoms with Crippen molar-refractivity contribution in [3.63, 3.8) is 0 Å². The van der Waals surface area contributed by atoms with E-state index in [2.05, 4.69) is 91.2 Å². The molecule has 2 N–H and O–H groups in total. The van der Waals surface area contributed by atoms with Crippen LogP contribution in [0.15, 0.2) is 60.7 Å². The lowest BCUT2D eigenvalue weighted by Gasteiger charge is -2.48. The molecule has 0 aromatic heterocycles. The molecule has 0 radical (unpaired) electrons. The van der Waals surface area contributed by atoms with Crippen molar-refractivity contribution in [2.75, 3.05) is 13.1 Å². The molecular weight excluding hydrogens is 452 g/mol. The second-order valence-electron chi connectivity index (χ2n) is 12.3. The van der Waals surface area contributed by atoms with E-state index in [0.717, 1.165) is 36.4 Å². The largest absolute Gasteiger partial charge is 0.365 e. The number of rotatable bonds is 5. The summed E-state index contributed by atoms with van der Waals surface area (Å²) in [5.74, 6) is 2.57. The van der Waals surface area contributed by atoms with Crippen molar-refractivity contribution in [3.8, 4) is 0 Å². The lowest BCUT2D eigenvalue weighted by Crippen LogP contribution is -2.56. The molecule has 5 fully saturated rings. The van der Waals surface area contributed by atoms with Crippen LogP contribution in [0.3, 0.4) is 0 Å². The number of nitrogens with two attached hydrogens (primary N) is 1. The zero-order chi connectivity index (χ0) is 23.6. The molecule has 5 unspecified atom stereocenters. The fourth-order valence-corrected chi connectivity index (χ4v) is 10.3. The SMILES string of the molecule is CC1(C)CN(C(=S)C23CC4CC(c5ccccc5)(CC2C4SCc2ccccc2)C3)CC[C@@H]1N. The van der Waals surface area contributed by atoms with Gasteiger partial charge in [0.1, 0.15) is 0 Å². The Kier molecular flexibility index (Phi) is 5.66. The molecule has 6 atom stereocenters. The molecule has 2 aromatic rings. The molecule has 4 aliphatic carbocycles. The fraction of sp³-hybridized carbons (Fsp3) is 0.567. The summed E-state index contributed by atoms with van der Waals surface area (Å²) in [4.78, 5) is 3.86.